The van der Waals surface area contributed by atoms with Crippen LogP contribution in [0.4, 0.5) is 0 Å². The van der Waals surface area contributed by atoms with E-state index in [0.29, 0.717) is 5.89 Å². The molecule has 0 N–H and O–H groups in total. The van der Waals surface area contributed by atoms with Crippen LogP contribution >= 0.6 is 0 Å². The molecule has 0 radical (unpaired) electrons. The molecule has 0 aliphatic carbocycles. The van der Waals surface area contributed by atoms with Crippen LogP contribution in [0.15, 0.2) is 28.8 Å². The van der Waals surface area contributed by atoms with E-state index in [1.807, 2.05) is 0 Å². The summed E-state index contributed by atoms with van der Waals surface area (Å²) in [5.74, 6) is 1.44. The molecule has 2 aromatic rings. The molecule has 1 aromatic heterocycles. The molecule has 120 valence electrons. The minimum atomic E-state index is -0.0873. The third-order valence-electron chi connectivity index (χ3n) is 3.99. The molecule has 1 atom stereocenters. The van der Waals surface area contributed by atoms with Gasteiger partial charge in [0.05, 0.1) is 6.04 Å². The average Bonchev–Trinajstić information content (AvgIpc) is 2.97. The van der Waals surface area contributed by atoms with Gasteiger partial charge in [-0.15, -0.1) is 0 Å². The first-order valence-corrected chi connectivity index (χ1v) is 7.93. The summed E-state index contributed by atoms with van der Waals surface area (Å²) < 4.78 is 5.45. The molecule has 0 bridgehead atoms. The van der Waals surface area contributed by atoms with Crippen LogP contribution in [0.2, 0.25) is 0 Å². The van der Waals surface area contributed by atoms with Crippen molar-refractivity contribution < 1.29 is 4.52 Å². The van der Waals surface area contributed by atoms with E-state index in [1.54, 1.807) is 0 Å². The Morgan fingerprint density at radius 3 is 2.23 bits per heavy atom. The molecule has 0 fully saturated rings. The maximum absolute atomic E-state index is 5.45. The van der Waals surface area contributed by atoms with Gasteiger partial charge in [0.25, 0.3) is 0 Å². The van der Waals surface area contributed by atoms with Crippen LogP contribution < -0.4 is 0 Å². The zero-order valence-corrected chi connectivity index (χ0v) is 14.6. The van der Waals surface area contributed by atoms with Crippen molar-refractivity contribution in [3.05, 3.63) is 47.1 Å². The second kappa shape index (κ2) is 6.61. The van der Waals surface area contributed by atoms with E-state index in [1.165, 1.54) is 11.1 Å². The van der Waals surface area contributed by atoms with Gasteiger partial charge in [-0.2, -0.15) is 4.98 Å². The minimum absolute atomic E-state index is 0.0873. The number of hydrogen-bond donors (Lipinski definition) is 0. The summed E-state index contributed by atoms with van der Waals surface area (Å²) in [6.07, 6.45) is 1.07. The van der Waals surface area contributed by atoms with Crippen molar-refractivity contribution in [2.45, 2.75) is 59.0 Å². The average molecular weight is 301 g/mol. The van der Waals surface area contributed by atoms with Gasteiger partial charge in [0.1, 0.15) is 0 Å². The molecule has 2 rings (SSSR count). The highest BCUT2D eigenvalue weighted by atomic mass is 16.5. The Morgan fingerprint density at radius 1 is 1.14 bits per heavy atom. The number of hydrogen-bond acceptors (Lipinski definition) is 4. The van der Waals surface area contributed by atoms with Crippen LogP contribution in [0.3, 0.4) is 0 Å². The molecule has 1 aromatic carbocycles. The van der Waals surface area contributed by atoms with Crippen molar-refractivity contribution >= 4 is 0 Å². The van der Waals surface area contributed by atoms with Crippen molar-refractivity contribution in [2.75, 3.05) is 7.05 Å². The van der Waals surface area contributed by atoms with E-state index in [2.05, 4.69) is 81.0 Å². The normalized spacial score (nSPS) is 13.6. The molecule has 0 saturated carbocycles. The van der Waals surface area contributed by atoms with Crippen molar-refractivity contribution in [2.24, 2.45) is 0 Å². The zero-order valence-electron chi connectivity index (χ0n) is 14.6. The van der Waals surface area contributed by atoms with Gasteiger partial charge in [0.15, 0.2) is 5.82 Å². The summed E-state index contributed by atoms with van der Waals surface area (Å²) >= 11 is 0. The monoisotopic (exact) mass is 301 g/mol. The third kappa shape index (κ3) is 3.95. The lowest BCUT2D eigenvalue weighted by atomic mass is 9.96. The van der Waals surface area contributed by atoms with Crippen LogP contribution in [-0.4, -0.2) is 22.1 Å². The van der Waals surface area contributed by atoms with Gasteiger partial charge in [-0.3, -0.25) is 4.90 Å². The Kier molecular flexibility index (Phi) is 5.01. The first kappa shape index (κ1) is 16.7. The van der Waals surface area contributed by atoms with E-state index in [0.717, 1.165) is 18.8 Å². The fourth-order valence-corrected chi connectivity index (χ4v) is 2.20. The number of rotatable bonds is 5. The predicted molar refractivity (Wildman–Crippen MR) is 88.7 cm³/mol. The van der Waals surface area contributed by atoms with Gasteiger partial charge in [-0.1, -0.05) is 57.1 Å². The molecule has 4 nitrogen and oxygen atoms in total. The minimum Gasteiger partial charge on any atom is -0.338 e. The Morgan fingerprint density at radius 2 is 1.73 bits per heavy atom. The molecular formula is C18H27N3O. The van der Waals surface area contributed by atoms with Gasteiger partial charge in [0, 0.05) is 12.0 Å². The molecule has 0 aliphatic heterocycles. The first-order valence-electron chi connectivity index (χ1n) is 7.93. The predicted octanol–water partition coefficient (Wildman–Crippen LogP) is 4.12. The Balaban J connectivity index is 2.04. The number of nitrogens with zero attached hydrogens (tertiary/aromatic N) is 3. The van der Waals surface area contributed by atoms with Crippen molar-refractivity contribution in [3.63, 3.8) is 0 Å². The Hall–Kier alpha value is -1.68. The van der Waals surface area contributed by atoms with Crippen LogP contribution in [0.25, 0.3) is 0 Å². The molecule has 0 spiro atoms. The Bertz CT molecular complexity index is 596. The molecule has 4 heteroatoms. The maximum atomic E-state index is 5.45. The van der Waals surface area contributed by atoms with E-state index >= 15 is 0 Å². The smallest absolute Gasteiger partial charge is 0.243 e. The summed E-state index contributed by atoms with van der Waals surface area (Å²) in [4.78, 5) is 6.78. The third-order valence-corrected chi connectivity index (χ3v) is 3.99. The molecule has 1 unspecified atom stereocenters. The fraction of sp³-hybridized carbons (Fsp3) is 0.556. The molecule has 0 saturated heterocycles. The number of aryl methyl sites for hydroxylation is 1. The fourth-order valence-electron chi connectivity index (χ4n) is 2.20. The lowest BCUT2D eigenvalue weighted by molar-refractivity contribution is 0.202. The van der Waals surface area contributed by atoms with Gasteiger partial charge < -0.3 is 4.52 Å². The Labute approximate surface area is 133 Å². The van der Waals surface area contributed by atoms with Gasteiger partial charge in [-0.25, -0.2) is 0 Å². The lowest BCUT2D eigenvalue weighted by Gasteiger charge is -2.21. The quantitative estimate of drug-likeness (QED) is 0.833. The second-order valence-electron chi connectivity index (χ2n) is 6.97. The SMILES string of the molecule is CCc1ccc(CN(C)C(C)c2nc(C(C)(C)C)no2)cc1. The van der Waals surface area contributed by atoms with E-state index in [9.17, 15) is 0 Å². The van der Waals surface area contributed by atoms with E-state index in [-0.39, 0.29) is 11.5 Å². The van der Waals surface area contributed by atoms with Crippen LogP contribution in [0.5, 0.6) is 0 Å². The van der Waals surface area contributed by atoms with E-state index in [4.69, 9.17) is 4.52 Å². The highest BCUT2D eigenvalue weighted by Gasteiger charge is 2.24. The van der Waals surface area contributed by atoms with Crippen LogP contribution in [0, 0.1) is 0 Å². The number of benzene rings is 1. The van der Waals surface area contributed by atoms with Crippen molar-refractivity contribution in [3.8, 4) is 0 Å². The molecule has 1 heterocycles. The summed E-state index contributed by atoms with van der Waals surface area (Å²) in [6, 6.07) is 8.86. The zero-order chi connectivity index (χ0) is 16.3. The number of aromatic nitrogens is 2. The van der Waals surface area contributed by atoms with Crippen molar-refractivity contribution in [1.82, 2.24) is 15.0 Å². The second-order valence-corrected chi connectivity index (χ2v) is 6.97. The molecule has 0 amide bonds. The highest BCUT2D eigenvalue weighted by molar-refractivity contribution is 5.22. The van der Waals surface area contributed by atoms with Gasteiger partial charge in [-0.05, 0) is 31.5 Å². The van der Waals surface area contributed by atoms with E-state index < -0.39 is 0 Å². The van der Waals surface area contributed by atoms with Crippen LogP contribution in [-0.2, 0) is 18.4 Å². The largest absolute Gasteiger partial charge is 0.338 e. The molecule has 22 heavy (non-hydrogen) atoms. The summed E-state index contributed by atoms with van der Waals surface area (Å²) in [6.45, 7) is 11.4. The maximum Gasteiger partial charge on any atom is 0.243 e. The molecule has 0 aliphatic rings. The van der Waals surface area contributed by atoms with Gasteiger partial charge >= 0.3 is 0 Å². The first-order chi connectivity index (χ1) is 10.3. The lowest BCUT2D eigenvalue weighted by Crippen LogP contribution is -2.22. The summed E-state index contributed by atoms with van der Waals surface area (Å²) in [5, 5.41) is 4.11. The molecular weight excluding hydrogens is 274 g/mol. The summed E-state index contributed by atoms with van der Waals surface area (Å²) in [5.41, 5.74) is 2.57. The standard InChI is InChI=1S/C18H27N3O/c1-7-14-8-10-15(11-9-14)12-21(6)13(2)16-19-17(20-22-16)18(3,4)5/h8-11,13H,7,12H2,1-6H3. The summed E-state index contributed by atoms with van der Waals surface area (Å²) in [7, 11) is 2.08. The van der Waals surface area contributed by atoms with Crippen molar-refractivity contribution in [1.29, 1.82) is 0 Å². The topological polar surface area (TPSA) is 42.2 Å². The van der Waals surface area contributed by atoms with Gasteiger partial charge in [0.2, 0.25) is 5.89 Å². The highest BCUT2D eigenvalue weighted by Crippen LogP contribution is 2.24. The van der Waals surface area contributed by atoms with Crippen LogP contribution in [0.1, 0.15) is 63.5 Å².